The summed E-state index contributed by atoms with van der Waals surface area (Å²) in [6.45, 7) is 4.22. The Balaban J connectivity index is 2.24. The number of hydrogen-bond acceptors (Lipinski definition) is 4. The number of hydrogen-bond donors (Lipinski definition) is 1. The number of rotatable bonds is 5. The first-order valence-electron chi connectivity index (χ1n) is 6.50. The van der Waals surface area contributed by atoms with Crippen molar-refractivity contribution in [2.45, 2.75) is 32.7 Å². The number of benzene rings is 1. The number of ether oxygens (including phenoxy) is 1. The molecule has 1 aromatic carbocycles. The number of nitrogens with two attached hydrogens (primary N) is 1. The lowest BCUT2D eigenvalue weighted by molar-refractivity contribution is 0.415. The summed E-state index contributed by atoms with van der Waals surface area (Å²) < 4.78 is 5.17. The van der Waals surface area contributed by atoms with Crippen molar-refractivity contribution in [3.8, 4) is 17.0 Å². The summed E-state index contributed by atoms with van der Waals surface area (Å²) >= 11 is 1.74. The lowest BCUT2D eigenvalue weighted by atomic mass is 10.1. The van der Waals surface area contributed by atoms with Crippen LogP contribution in [0.25, 0.3) is 11.3 Å². The van der Waals surface area contributed by atoms with E-state index >= 15 is 0 Å². The zero-order chi connectivity index (χ0) is 13.8. The number of methoxy groups -OCH3 is 1. The van der Waals surface area contributed by atoms with Gasteiger partial charge in [0.15, 0.2) is 0 Å². The SMILES string of the molecule is CCC(N)Cc1nc(-c2ccc(OC)cc2)c(C)s1. The smallest absolute Gasteiger partial charge is 0.118 e. The maximum Gasteiger partial charge on any atom is 0.118 e. The van der Waals surface area contributed by atoms with Gasteiger partial charge in [0.05, 0.1) is 17.8 Å². The monoisotopic (exact) mass is 276 g/mol. The highest BCUT2D eigenvalue weighted by molar-refractivity contribution is 7.12. The summed E-state index contributed by atoms with van der Waals surface area (Å²) in [4.78, 5) is 5.96. The molecule has 0 bridgehead atoms. The van der Waals surface area contributed by atoms with E-state index in [9.17, 15) is 0 Å². The van der Waals surface area contributed by atoms with Crippen LogP contribution in [0.1, 0.15) is 23.2 Å². The summed E-state index contributed by atoms with van der Waals surface area (Å²) in [6.07, 6.45) is 1.84. The van der Waals surface area contributed by atoms with Gasteiger partial charge < -0.3 is 10.5 Å². The predicted octanol–water partition coefficient (Wildman–Crippen LogP) is 3.41. The van der Waals surface area contributed by atoms with Crippen LogP contribution < -0.4 is 10.5 Å². The number of aryl methyl sites for hydroxylation is 1. The van der Waals surface area contributed by atoms with Crippen LogP contribution in [0.2, 0.25) is 0 Å². The second kappa shape index (κ2) is 6.17. The standard InChI is InChI=1S/C15H20N2OS/c1-4-12(16)9-14-17-15(10(2)19-14)11-5-7-13(18-3)8-6-11/h5-8,12H,4,9,16H2,1-3H3. The molecule has 4 heteroatoms. The number of thiazole rings is 1. The minimum atomic E-state index is 0.203. The summed E-state index contributed by atoms with van der Waals surface area (Å²) in [7, 11) is 1.67. The highest BCUT2D eigenvalue weighted by Gasteiger charge is 2.12. The average Bonchev–Trinajstić information content (AvgIpc) is 2.79. The Kier molecular flexibility index (Phi) is 4.56. The molecule has 1 heterocycles. The maximum absolute atomic E-state index is 5.99. The Hall–Kier alpha value is -1.39. The number of aromatic nitrogens is 1. The summed E-state index contributed by atoms with van der Waals surface area (Å²) in [5.41, 5.74) is 8.18. The third-order valence-electron chi connectivity index (χ3n) is 3.17. The highest BCUT2D eigenvalue weighted by atomic mass is 32.1. The van der Waals surface area contributed by atoms with Crippen molar-refractivity contribution >= 4 is 11.3 Å². The highest BCUT2D eigenvalue weighted by Crippen LogP contribution is 2.29. The molecule has 0 spiro atoms. The van der Waals surface area contributed by atoms with Crippen molar-refractivity contribution in [1.82, 2.24) is 4.98 Å². The molecule has 19 heavy (non-hydrogen) atoms. The molecular weight excluding hydrogens is 256 g/mol. The molecule has 1 atom stereocenters. The molecule has 2 aromatic rings. The first-order valence-corrected chi connectivity index (χ1v) is 7.32. The van der Waals surface area contributed by atoms with Crippen molar-refractivity contribution in [3.05, 3.63) is 34.2 Å². The van der Waals surface area contributed by atoms with Gasteiger partial charge in [0.1, 0.15) is 5.75 Å². The van der Waals surface area contributed by atoms with E-state index < -0.39 is 0 Å². The minimum absolute atomic E-state index is 0.203. The quantitative estimate of drug-likeness (QED) is 0.910. The Morgan fingerprint density at radius 3 is 2.58 bits per heavy atom. The van der Waals surface area contributed by atoms with Crippen molar-refractivity contribution in [3.63, 3.8) is 0 Å². The molecule has 3 nitrogen and oxygen atoms in total. The van der Waals surface area contributed by atoms with E-state index in [1.807, 2.05) is 24.3 Å². The third-order valence-corrected chi connectivity index (χ3v) is 4.16. The normalized spacial score (nSPS) is 12.4. The molecule has 0 radical (unpaired) electrons. The fraction of sp³-hybridized carbons (Fsp3) is 0.400. The molecule has 0 aliphatic rings. The third kappa shape index (κ3) is 3.33. The van der Waals surface area contributed by atoms with Gasteiger partial charge in [-0.3, -0.25) is 0 Å². The molecule has 0 amide bonds. The van der Waals surface area contributed by atoms with Gasteiger partial charge in [-0.25, -0.2) is 4.98 Å². The summed E-state index contributed by atoms with van der Waals surface area (Å²) in [5.74, 6) is 0.866. The second-order valence-corrected chi connectivity index (χ2v) is 5.90. The van der Waals surface area contributed by atoms with E-state index in [-0.39, 0.29) is 6.04 Å². The van der Waals surface area contributed by atoms with Gasteiger partial charge in [0.2, 0.25) is 0 Å². The van der Waals surface area contributed by atoms with Gasteiger partial charge in [-0.15, -0.1) is 11.3 Å². The van der Waals surface area contributed by atoms with Gasteiger partial charge in [0.25, 0.3) is 0 Å². The lowest BCUT2D eigenvalue weighted by Crippen LogP contribution is -2.21. The van der Waals surface area contributed by atoms with E-state index in [1.54, 1.807) is 18.4 Å². The van der Waals surface area contributed by atoms with Crippen LogP contribution in [0.4, 0.5) is 0 Å². The minimum Gasteiger partial charge on any atom is -0.497 e. The predicted molar refractivity (Wildman–Crippen MR) is 80.8 cm³/mol. The zero-order valence-corrected chi connectivity index (χ0v) is 12.5. The van der Waals surface area contributed by atoms with Crippen LogP contribution >= 0.6 is 11.3 Å². The molecular formula is C15H20N2OS. The molecule has 0 aliphatic carbocycles. The summed E-state index contributed by atoms with van der Waals surface area (Å²) in [6, 6.07) is 8.22. The second-order valence-electron chi connectivity index (χ2n) is 4.61. The fourth-order valence-corrected chi connectivity index (χ4v) is 2.97. The summed E-state index contributed by atoms with van der Waals surface area (Å²) in [5, 5.41) is 1.12. The molecule has 0 aliphatic heterocycles. The van der Waals surface area contributed by atoms with Crippen LogP contribution in [0.3, 0.4) is 0 Å². The van der Waals surface area contributed by atoms with Crippen LogP contribution in [0.5, 0.6) is 5.75 Å². The molecule has 2 N–H and O–H groups in total. The zero-order valence-electron chi connectivity index (χ0n) is 11.6. The van der Waals surface area contributed by atoms with Gasteiger partial charge >= 0.3 is 0 Å². The molecule has 0 fully saturated rings. The van der Waals surface area contributed by atoms with Crippen LogP contribution in [0, 0.1) is 6.92 Å². The van der Waals surface area contributed by atoms with Crippen molar-refractivity contribution in [2.24, 2.45) is 5.73 Å². The van der Waals surface area contributed by atoms with Crippen molar-refractivity contribution < 1.29 is 4.74 Å². The molecule has 2 rings (SSSR count). The molecule has 1 unspecified atom stereocenters. The van der Waals surface area contributed by atoms with Crippen molar-refractivity contribution in [2.75, 3.05) is 7.11 Å². The lowest BCUT2D eigenvalue weighted by Gasteiger charge is -2.04. The first-order chi connectivity index (χ1) is 9.13. The topological polar surface area (TPSA) is 48.1 Å². The Labute approximate surface area is 118 Å². The van der Waals surface area contributed by atoms with Crippen LogP contribution in [-0.2, 0) is 6.42 Å². The van der Waals surface area contributed by atoms with Gasteiger partial charge in [-0.1, -0.05) is 6.92 Å². The first kappa shape index (κ1) is 14.0. The van der Waals surface area contributed by atoms with E-state index in [1.165, 1.54) is 4.88 Å². The Morgan fingerprint density at radius 1 is 1.32 bits per heavy atom. The Morgan fingerprint density at radius 2 is 2.00 bits per heavy atom. The maximum atomic E-state index is 5.99. The molecule has 1 aromatic heterocycles. The number of nitrogens with zero attached hydrogens (tertiary/aromatic N) is 1. The largest absolute Gasteiger partial charge is 0.497 e. The molecule has 102 valence electrons. The molecule has 0 saturated heterocycles. The van der Waals surface area contributed by atoms with E-state index in [0.29, 0.717) is 0 Å². The van der Waals surface area contributed by atoms with Crippen molar-refractivity contribution in [1.29, 1.82) is 0 Å². The van der Waals surface area contributed by atoms with E-state index in [0.717, 1.165) is 34.9 Å². The van der Waals surface area contributed by atoms with Gasteiger partial charge in [-0.05, 0) is 37.6 Å². The van der Waals surface area contributed by atoms with E-state index in [2.05, 4.69) is 13.8 Å². The average molecular weight is 276 g/mol. The van der Waals surface area contributed by atoms with E-state index in [4.69, 9.17) is 15.5 Å². The fourth-order valence-electron chi connectivity index (χ4n) is 1.92. The Bertz CT molecular complexity index is 534. The molecule has 0 saturated carbocycles. The van der Waals surface area contributed by atoms with Gasteiger partial charge in [-0.2, -0.15) is 0 Å². The van der Waals surface area contributed by atoms with Crippen LogP contribution in [0.15, 0.2) is 24.3 Å². The van der Waals surface area contributed by atoms with Gasteiger partial charge in [0, 0.05) is 22.9 Å². The van der Waals surface area contributed by atoms with Crippen LogP contribution in [-0.4, -0.2) is 18.1 Å².